The number of amides is 1. The zero-order valence-electron chi connectivity index (χ0n) is 14.1. The normalized spacial score (nSPS) is 29.7. The van der Waals surface area contributed by atoms with Crippen molar-refractivity contribution < 1.29 is 9.53 Å². The van der Waals surface area contributed by atoms with E-state index in [-0.39, 0.29) is 17.6 Å². The van der Waals surface area contributed by atoms with Crippen LogP contribution in [0.2, 0.25) is 0 Å². The molecule has 0 saturated carbocycles. The third-order valence-electron chi connectivity index (χ3n) is 5.34. The lowest BCUT2D eigenvalue weighted by Crippen LogP contribution is -2.38. The maximum absolute atomic E-state index is 12.6. The summed E-state index contributed by atoms with van der Waals surface area (Å²) in [5.74, 6) is 1.23. The van der Waals surface area contributed by atoms with E-state index in [0.29, 0.717) is 12.5 Å². The van der Waals surface area contributed by atoms with Crippen molar-refractivity contribution in [3.8, 4) is 0 Å². The maximum Gasteiger partial charge on any atom is 0.226 e. The van der Waals surface area contributed by atoms with Gasteiger partial charge in [-0.15, -0.1) is 5.10 Å². The molecule has 4 rings (SSSR count). The topological polar surface area (TPSA) is 67.3 Å². The summed E-state index contributed by atoms with van der Waals surface area (Å²) >= 11 is 0. The number of ether oxygens (including phenoxy) is 1. The number of carbonyl (C=O) groups excluding carboxylic acids is 1. The van der Waals surface area contributed by atoms with Gasteiger partial charge in [0.05, 0.1) is 23.9 Å². The minimum absolute atomic E-state index is 0.151. The van der Waals surface area contributed by atoms with Gasteiger partial charge in [0.25, 0.3) is 0 Å². The molecule has 1 amide bonds. The van der Waals surface area contributed by atoms with Gasteiger partial charge in [0.15, 0.2) is 0 Å². The van der Waals surface area contributed by atoms with E-state index >= 15 is 0 Å². The molecule has 128 valence electrons. The summed E-state index contributed by atoms with van der Waals surface area (Å²) in [6.45, 7) is 4.11. The Bertz CT molecular complexity index is 637. The molecule has 3 aliphatic rings. The Morgan fingerprint density at radius 3 is 2.92 bits per heavy atom. The van der Waals surface area contributed by atoms with Gasteiger partial charge >= 0.3 is 0 Å². The number of nitrogens with one attached hydrogen (secondary N) is 1. The number of likely N-dealkylation sites (tertiary alicyclic amines) is 1. The average molecular weight is 328 g/mol. The molecule has 1 spiro atoms. The molecule has 1 aliphatic carbocycles. The van der Waals surface area contributed by atoms with Crippen LogP contribution in [-0.2, 0) is 9.53 Å². The van der Waals surface area contributed by atoms with Crippen molar-refractivity contribution in [3.05, 3.63) is 30.0 Å². The van der Waals surface area contributed by atoms with Crippen molar-refractivity contribution >= 4 is 11.7 Å². The quantitative estimate of drug-likeness (QED) is 0.859. The largest absolute Gasteiger partial charge is 0.371 e. The first-order valence-corrected chi connectivity index (χ1v) is 8.78. The third-order valence-corrected chi connectivity index (χ3v) is 5.34. The smallest absolute Gasteiger partial charge is 0.226 e. The van der Waals surface area contributed by atoms with Crippen molar-refractivity contribution in [2.45, 2.75) is 44.2 Å². The van der Waals surface area contributed by atoms with E-state index in [1.807, 2.05) is 24.0 Å². The standard InChI is InChI=1S/C18H24N4O2/c1-13-6-7-16(21-20-13)19-15-10-18(24-11-15)8-9-22(12-18)17(23)14-4-2-3-5-14/h2-3,6-7,14-15H,4-5,8-12H2,1H3,(H,19,21)/t15-,18+/m0/s1. The van der Waals surface area contributed by atoms with Crippen LogP contribution in [0, 0.1) is 12.8 Å². The van der Waals surface area contributed by atoms with Crippen molar-refractivity contribution in [1.82, 2.24) is 15.1 Å². The van der Waals surface area contributed by atoms with Crippen molar-refractivity contribution in [2.75, 3.05) is 25.0 Å². The van der Waals surface area contributed by atoms with Crippen molar-refractivity contribution in [1.29, 1.82) is 0 Å². The van der Waals surface area contributed by atoms with Crippen LogP contribution in [0.3, 0.4) is 0 Å². The molecule has 3 heterocycles. The first-order chi connectivity index (χ1) is 11.6. The number of rotatable bonds is 3. The predicted octanol–water partition coefficient (Wildman–Crippen LogP) is 1.92. The Labute approximate surface area is 142 Å². The maximum atomic E-state index is 12.6. The number of hydrogen-bond donors (Lipinski definition) is 1. The molecule has 6 nitrogen and oxygen atoms in total. The van der Waals surface area contributed by atoms with Gasteiger partial charge in [-0.1, -0.05) is 12.2 Å². The summed E-state index contributed by atoms with van der Waals surface area (Å²) in [6, 6.07) is 4.13. The zero-order chi connectivity index (χ0) is 16.6. The van der Waals surface area contributed by atoms with Gasteiger partial charge in [-0.05, 0) is 38.3 Å². The molecule has 24 heavy (non-hydrogen) atoms. The molecular weight excluding hydrogens is 304 g/mol. The second-order valence-electron chi connectivity index (χ2n) is 7.25. The van der Waals surface area contributed by atoms with Crippen LogP contribution >= 0.6 is 0 Å². The molecule has 1 aromatic rings. The molecule has 0 aromatic carbocycles. The monoisotopic (exact) mass is 328 g/mol. The second kappa shape index (κ2) is 6.16. The molecule has 2 atom stereocenters. The Balaban J connectivity index is 1.34. The Morgan fingerprint density at radius 2 is 2.17 bits per heavy atom. The number of anilines is 1. The number of aryl methyl sites for hydroxylation is 1. The van der Waals surface area contributed by atoms with E-state index < -0.39 is 0 Å². The van der Waals surface area contributed by atoms with Crippen LogP contribution in [-0.4, -0.2) is 52.3 Å². The van der Waals surface area contributed by atoms with Crippen LogP contribution in [0.5, 0.6) is 0 Å². The second-order valence-corrected chi connectivity index (χ2v) is 7.25. The van der Waals surface area contributed by atoms with Crippen molar-refractivity contribution in [2.24, 2.45) is 5.92 Å². The fraction of sp³-hybridized carbons (Fsp3) is 0.611. The minimum Gasteiger partial charge on any atom is -0.371 e. The van der Waals surface area contributed by atoms with Gasteiger partial charge in [0, 0.05) is 25.4 Å². The number of carbonyl (C=O) groups is 1. The Morgan fingerprint density at radius 1 is 1.33 bits per heavy atom. The van der Waals surface area contributed by atoms with E-state index in [4.69, 9.17) is 4.74 Å². The van der Waals surface area contributed by atoms with Gasteiger partial charge in [-0.3, -0.25) is 4.79 Å². The Hall–Kier alpha value is -1.95. The van der Waals surface area contributed by atoms with Crippen LogP contribution in [0.4, 0.5) is 5.82 Å². The van der Waals surface area contributed by atoms with Crippen LogP contribution in [0.15, 0.2) is 24.3 Å². The zero-order valence-corrected chi connectivity index (χ0v) is 14.1. The predicted molar refractivity (Wildman–Crippen MR) is 90.5 cm³/mol. The minimum atomic E-state index is -0.183. The lowest BCUT2D eigenvalue weighted by Gasteiger charge is -2.25. The molecule has 0 bridgehead atoms. The van der Waals surface area contributed by atoms with Crippen LogP contribution in [0.25, 0.3) is 0 Å². The lowest BCUT2D eigenvalue weighted by molar-refractivity contribution is -0.135. The molecular formula is C18H24N4O2. The molecule has 6 heteroatoms. The molecule has 0 unspecified atom stereocenters. The summed E-state index contributed by atoms with van der Waals surface area (Å²) in [4.78, 5) is 14.6. The highest BCUT2D eigenvalue weighted by Crippen LogP contribution is 2.37. The van der Waals surface area contributed by atoms with E-state index in [0.717, 1.165) is 50.3 Å². The number of nitrogens with zero attached hydrogens (tertiary/aromatic N) is 3. The van der Waals surface area contributed by atoms with E-state index in [2.05, 4.69) is 27.7 Å². The summed E-state index contributed by atoms with van der Waals surface area (Å²) in [5.41, 5.74) is 0.725. The van der Waals surface area contributed by atoms with Crippen LogP contribution < -0.4 is 5.32 Å². The van der Waals surface area contributed by atoms with Gasteiger partial charge in [-0.25, -0.2) is 0 Å². The molecule has 2 fully saturated rings. The molecule has 1 aromatic heterocycles. The number of hydrogen-bond acceptors (Lipinski definition) is 5. The average Bonchev–Trinajstić information content (AvgIpc) is 3.32. The summed E-state index contributed by atoms with van der Waals surface area (Å²) in [6.07, 6.45) is 7.84. The van der Waals surface area contributed by atoms with Gasteiger partial charge in [0.1, 0.15) is 5.82 Å². The number of allylic oxidation sites excluding steroid dienone is 2. The number of aromatic nitrogens is 2. The highest BCUT2D eigenvalue weighted by atomic mass is 16.5. The van der Waals surface area contributed by atoms with Gasteiger partial charge in [0.2, 0.25) is 5.91 Å². The third kappa shape index (κ3) is 3.02. The molecule has 0 radical (unpaired) electrons. The molecule has 1 N–H and O–H groups in total. The fourth-order valence-electron chi connectivity index (χ4n) is 4.02. The Kier molecular flexibility index (Phi) is 4.00. The lowest BCUT2D eigenvalue weighted by atomic mass is 9.97. The SMILES string of the molecule is Cc1ccc(N[C@@H]2CO[C@]3(CCN(C(=O)C4CC=CC4)C3)C2)nn1. The van der Waals surface area contributed by atoms with Crippen LogP contribution in [0.1, 0.15) is 31.4 Å². The van der Waals surface area contributed by atoms with Crippen molar-refractivity contribution in [3.63, 3.8) is 0 Å². The molecule has 2 aliphatic heterocycles. The fourth-order valence-corrected chi connectivity index (χ4v) is 4.02. The highest BCUT2D eigenvalue weighted by Gasteiger charge is 2.47. The highest BCUT2D eigenvalue weighted by molar-refractivity contribution is 5.80. The van der Waals surface area contributed by atoms with Gasteiger partial charge < -0.3 is 15.0 Å². The summed E-state index contributed by atoms with van der Waals surface area (Å²) < 4.78 is 6.13. The first kappa shape index (κ1) is 15.6. The van der Waals surface area contributed by atoms with E-state index in [9.17, 15) is 4.79 Å². The first-order valence-electron chi connectivity index (χ1n) is 8.78. The van der Waals surface area contributed by atoms with Gasteiger partial charge in [-0.2, -0.15) is 5.10 Å². The summed E-state index contributed by atoms with van der Waals surface area (Å²) in [7, 11) is 0. The van der Waals surface area contributed by atoms with E-state index in [1.165, 1.54) is 0 Å². The molecule has 2 saturated heterocycles. The summed E-state index contributed by atoms with van der Waals surface area (Å²) in [5, 5.41) is 11.6. The van der Waals surface area contributed by atoms with E-state index in [1.54, 1.807) is 0 Å².